The third kappa shape index (κ3) is 4.31. The average Bonchev–Trinajstić information content (AvgIpc) is 3.17. The van der Waals surface area contributed by atoms with E-state index < -0.39 is 0 Å². The van der Waals surface area contributed by atoms with Crippen LogP contribution in [0.2, 0.25) is 8.94 Å². The van der Waals surface area contributed by atoms with Crippen molar-refractivity contribution in [2.45, 2.75) is 19.4 Å². The Bertz CT molecular complexity index is 310. The molecule has 0 radical (unpaired) electrons. The first-order valence-electron chi connectivity index (χ1n) is 5.49. The van der Waals surface area contributed by atoms with Crippen molar-refractivity contribution < 1.29 is 0 Å². The molecule has 16 heavy (non-hydrogen) atoms. The molecule has 1 aromatic rings. The van der Waals surface area contributed by atoms with Gasteiger partial charge in [0, 0.05) is 0 Å². The summed E-state index contributed by atoms with van der Waals surface area (Å²) in [6, 6.07) is 9.70. The van der Waals surface area contributed by atoms with Crippen molar-refractivity contribution in [1.82, 2.24) is 0 Å². The number of rotatable bonds is 6. The molecule has 2 heterocycles. The normalized spacial score (nSPS) is 26.8. The number of thioether (sulfide) groups is 2. The van der Waals surface area contributed by atoms with Crippen molar-refractivity contribution >= 4 is 72.6 Å². The van der Waals surface area contributed by atoms with E-state index in [1.807, 2.05) is 0 Å². The van der Waals surface area contributed by atoms with E-state index in [0.29, 0.717) is 0 Å². The van der Waals surface area contributed by atoms with E-state index >= 15 is 0 Å². The van der Waals surface area contributed by atoms with Crippen LogP contribution in [0.3, 0.4) is 0 Å². The van der Waals surface area contributed by atoms with Crippen LogP contribution in [0.1, 0.15) is 0 Å². The van der Waals surface area contributed by atoms with Crippen LogP contribution in [0.25, 0.3) is 0 Å². The summed E-state index contributed by atoms with van der Waals surface area (Å²) in [6.07, 6.45) is 0. The number of hydrogen-bond acceptors (Lipinski definition) is 2. The minimum absolute atomic E-state index is 0.139. The van der Waals surface area contributed by atoms with Gasteiger partial charge in [-0.1, -0.05) is 0 Å². The van der Waals surface area contributed by atoms with Gasteiger partial charge >= 0.3 is 128 Å². The summed E-state index contributed by atoms with van der Waals surface area (Å²) < 4.78 is 6.39. The van der Waals surface area contributed by atoms with Crippen molar-refractivity contribution in [2.75, 3.05) is 11.5 Å². The van der Waals surface area contributed by atoms with Crippen LogP contribution < -0.4 is 7.22 Å². The van der Waals surface area contributed by atoms with Gasteiger partial charge in [0.1, 0.15) is 0 Å². The van der Waals surface area contributed by atoms with Crippen molar-refractivity contribution in [3.8, 4) is 0 Å². The predicted octanol–water partition coefficient (Wildman–Crippen LogP) is 1.41. The van der Waals surface area contributed by atoms with Crippen LogP contribution in [-0.2, 0) is 0 Å². The van der Waals surface area contributed by atoms with Gasteiger partial charge in [-0.25, -0.2) is 0 Å². The zero-order valence-corrected chi connectivity index (χ0v) is 15.2. The molecule has 4 heteroatoms. The fourth-order valence-corrected chi connectivity index (χ4v) is 10.2. The standard InChI is InChI=1S/C12H14S2Te2/c1-2-12(16-8-10-6-14-10)4-3-11(1)15-7-9-5-13-9/h1-4,9-10H,5-8H2. The summed E-state index contributed by atoms with van der Waals surface area (Å²) in [5, 5.41) is 2.09. The van der Waals surface area contributed by atoms with Gasteiger partial charge in [0.25, 0.3) is 0 Å². The summed E-state index contributed by atoms with van der Waals surface area (Å²) >= 11 is 4.57. The van der Waals surface area contributed by atoms with Crippen LogP contribution in [0.4, 0.5) is 0 Å². The Balaban J connectivity index is 1.47. The molecule has 0 amide bonds. The molecule has 2 atom stereocenters. The van der Waals surface area contributed by atoms with Crippen LogP contribution in [0.15, 0.2) is 24.3 Å². The molecule has 2 aliphatic heterocycles. The summed E-state index contributed by atoms with van der Waals surface area (Å²) in [5.74, 6) is 2.88. The van der Waals surface area contributed by atoms with E-state index in [9.17, 15) is 0 Å². The second-order valence-electron chi connectivity index (χ2n) is 4.00. The van der Waals surface area contributed by atoms with Gasteiger partial charge in [0.2, 0.25) is 0 Å². The van der Waals surface area contributed by atoms with Crippen molar-refractivity contribution in [1.29, 1.82) is 0 Å². The fraction of sp³-hybridized carbons (Fsp3) is 0.500. The molecule has 0 spiro atoms. The molecule has 0 bridgehead atoms. The molecule has 3 rings (SSSR count). The Morgan fingerprint density at radius 2 is 1.25 bits per heavy atom. The van der Waals surface area contributed by atoms with Gasteiger partial charge < -0.3 is 0 Å². The topological polar surface area (TPSA) is 0 Å². The Morgan fingerprint density at radius 1 is 0.875 bits per heavy atom. The Kier molecular flexibility index (Phi) is 4.77. The molecule has 0 saturated carbocycles. The predicted molar refractivity (Wildman–Crippen MR) is 79.3 cm³/mol. The van der Waals surface area contributed by atoms with Crippen LogP contribution in [0.5, 0.6) is 0 Å². The molecule has 86 valence electrons. The third-order valence-corrected chi connectivity index (χ3v) is 12.5. The summed E-state index contributed by atoms with van der Waals surface area (Å²) in [4.78, 5) is 0. The van der Waals surface area contributed by atoms with E-state index in [-0.39, 0.29) is 41.8 Å². The number of hydrogen-bond donors (Lipinski definition) is 0. The van der Waals surface area contributed by atoms with E-state index in [1.54, 1.807) is 7.22 Å². The Morgan fingerprint density at radius 3 is 1.56 bits per heavy atom. The molecular formula is C12H14S2Te2. The Labute approximate surface area is 126 Å². The quantitative estimate of drug-likeness (QED) is 0.449. The van der Waals surface area contributed by atoms with E-state index in [0.717, 1.165) is 10.5 Å². The molecule has 2 fully saturated rings. The molecular weight excluding hydrogens is 463 g/mol. The summed E-state index contributed by atoms with van der Waals surface area (Å²) in [5.41, 5.74) is 0. The van der Waals surface area contributed by atoms with Crippen molar-refractivity contribution in [3.05, 3.63) is 24.3 Å². The first-order chi connectivity index (χ1) is 7.90. The molecule has 0 N–H and O–H groups in total. The van der Waals surface area contributed by atoms with Gasteiger partial charge in [-0.2, -0.15) is 0 Å². The average molecular weight is 478 g/mol. The van der Waals surface area contributed by atoms with Crippen molar-refractivity contribution in [3.63, 3.8) is 0 Å². The molecule has 2 aliphatic rings. The second-order valence-corrected chi connectivity index (χ2v) is 12.9. The van der Waals surface area contributed by atoms with Gasteiger partial charge in [0.15, 0.2) is 0 Å². The van der Waals surface area contributed by atoms with Crippen LogP contribution in [-0.4, -0.2) is 63.9 Å². The molecule has 1 aromatic carbocycles. The fourth-order valence-electron chi connectivity index (χ4n) is 1.34. The summed E-state index contributed by atoms with van der Waals surface area (Å²) in [7, 11) is 0. The second kappa shape index (κ2) is 6.10. The first kappa shape index (κ1) is 12.5. The minimum atomic E-state index is 0.139. The monoisotopic (exact) mass is 482 g/mol. The van der Waals surface area contributed by atoms with Crippen LogP contribution >= 0.6 is 23.5 Å². The van der Waals surface area contributed by atoms with Gasteiger partial charge in [-0.3, -0.25) is 0 Å². The van der Waals surface area contributed by atoms with E-state index in [2.05, 4.69) is 47.8 Å². The molecule has 2 saturated heterocycles. The molecule has 0 aromatic heterocycles. The van der Waals surface area contributed by atoms with Gasteiger partial charge in [-0.15, -0.1) is 0 Å². The maximum atomic E-state index is 2.43. The van der Waals surface area contributed by atoms with E-state index in [1.165, 1.54) is 20.4 Å². The van der Waals surface area contributed by atoms with Gasteiger partial charge in [-0.05, 0) is 0 Å². The van der Waals surface area contributed by atoms with Gasteiger partial charge in [0.05, 0.1) is 0 Å². The molecule has 2 unspecified atom stereocenters. The zero-order chi connectivity index (χ0) is 10.8. The first-order valence-corrected chi connectivity index (χ1v) is 13.2. The van der Waals surface area contributed by atoms with Crippen molar-refractivity contribution in [2.24, 2.45) is 0 Å². The molecule has 0 aliphatic carbocycles. The zero-order valence-electron chi connectivity index (χ0n) is 8.93. The van der Waals surface area contributed by atoms with E-state index in [4.69, 9.17) is 0 Å². The SMILES string of the molecule is c1cc([Te]CC2CS2)ccc1[Te]CC1CS1. The van der Waals surface area contributed by atoms with Crippen LogP contribution in [0, 0.1) is 0 Å². The number of benzene rings is 1. The molecule has 0 nitrogen and oxygen atoms in total. The Hall–Kier alpha value is 1.50. The maximum absolute atomic E-state index is 2.43. The summed E-state index contributed by atoms with van der Waals surface area (Å²) in [6.45, 7) is 0. The third-order valence-electron chi connectivity index (χ3n) is 2.50.